The normalized spacial score (nSPS) is 10.4. The third-order valence-electron chi connectivity index (χ3n) is 2.01. The van der Waals surface area contributed by atoms with E-state index >= 15 is 0 Å². The minimum atomic E-state index is -0.173. The lowest BCUT2D eigenvalue weighted by Crippen LogP contribution is -2.28. The summed E-state index contributed by atoms with van der Waals surface area (Å²) in [6, 6.07) is 3.29. The Morgan fingerprint density at radius 3 is 2.82 bits per heavy atom. The van der Waals surface area contributed by atoms with Gasteiger partial charge in [0.25, 0.3) is 5.91 Å². The van der Waals surface area contributed by atoms with Gasteiger partial charge in [0.2, 0.25) is 0 Å². The van der Waals surface area contributed by atoms with Crippen molar-refractivity contribution in [2.45, 2.75) is 20.0 Å². The molecule has 0 bridgehead atoms. The zero-order chi connectivity index (χ0) is 12.7. The summed E-state index contributed by atoms with van der Waals surface area (Å²) in [5, 5.41) is 2.74. The molecule has 1 rings (SSSR count). The van der Waals surface area contributed by atoms with Crippen molar-refractivity contribution in [1.29, 1.82) is 0 Å². The van der Waals surface area contributed by atoms with Crippen LogP contribution in [0.4, 0.5) is 5.82 Å². The Bertz CT molecular complexity index is 351. The van der Waals surface area contributed by atoms with E-state index in [-0.39, 0.29) is 12.0 Å². The largest absolute Gasteiger partial charge is 0.377 e. The summed E-state index contributed by atoms with van der Waals surface area (Å²) in [6.07, 6.45) is 1.64. The van der Waals surface area contributed by atoms with E-state index in [0.29, 0.717) is 24.5 Å². The van der Waals surface area contributed by atoms with Crippen molar-refractivity contribution >= 4 is 11.7 Å². The van der Waals surface area contributed by atoms with Crippen LogP contribution in [0.2, 0.25) is 0 Å². The summed E-state index contributed by atoms with van der Waals surface area (Å²) in [5.74, 6) is 5.52. The number of hydrogen-bond acceptors (Lipinski definition) is 5. The Labute approximate surface area is 101 Å². The highest BCUT2D eigenvalue weighted by Gasteiger charge is 2.05. The maximum absolute atomic E-state index is 11.6. The van der Waals surface area contributed by atoms with E-state index in [0.717, 1.165) is 0 Å². The summed E-state index contributed by atoms with van der Waals surface area (Å²) < 4.78 is 5.31. The number of carbonyl (C=O) groups is 1. The molecular formula is C11H18N4O2. The van der Waals surface area contributed by atoms with Gasteiger partial charge in [-0.1, -0.05) is 0 Å². The molecule has 0 saturated heterocycles. The van der Waals surface area contributed by atoms with Crippen molar-refractivity contribution in [2.75, 3.05) is 18.6 Å². The van der Waals surface area contributed by atoms with Gasteiger partial charge in [-0.3, -0.25) is 4.79 Å². The topological polar surface area (TPSA) is 89.3 Å². The highest BCUT2D eigenvalue weighted by Crippen LogP contribution is 2.02. The van der Waals surface area contributed by atoms with Crippen LogP contribution in [0, 0.1) is 0 Å². The highest BCUT2D eigenvalue weighted by molar-refractivity contribution is 5.93. The number of ether oxygens (including phenoxy) is 1. The van der Waals surface area contributed by atoms with E-state index < -0.39 is 0 Å². The fraction of sp³-hybridized carbons (Fsp3) is 0.455. The molecule has 94 valence electrons. The molecule has 0 aliphatic carbocycles. The van der Waals surface area contributed by atoms with Gasteiger partial charge in [0, 0.05) is 12.7 Å². The molecule has 17 heavy (non-hydrogen) atoms. The van der Waals surface area contributed by atoms with Crippen LogP contribution in [-0.2, 0) is 4.74 Å². The molecule has 6 nitrogen and oxygen atoms in total. The Kier molecular flexibility index (Phi) is 5.38. The number of pyridine rings is 1. The summed E-state index contributed by atoms with van der Waals surface area (Å²) in [5.41, 5.74) is 2.89. The Morgan fingerprint density at radius 2 is 2.29 bits per heavy atom. The van der Waals surface area contributed by atoms with Crippen molar-refractivity contribution in [3.8, 4) is 0 Å². The van der Waals surface area contributed by atoms with E-state index in [1.165, 1.54) is 6.20 Å². The second-order valence-electron chi connectivity index (χ2n) is 3.75. The number of hydrazine groups is 1. The first-order valence-corrected chi connectivity index (χ1v) is 5.46. The van der Waals surface area contributed by atoms with E-state index in [9.17, 15) is 4.79 Å². The maximum atomic E-state index is 11.6. The molecule has 1 aromatic heterocycles. The van der Waals surface area contributed by atoms with Crippen LogP contribution in [0.3, 0.4) is 0 Å². The number of amides is 1. The lowest BCUT2D eigenvalue weighted by atomic mass is 10.2. The minimum Gasteiger partial charge on any atom is -0.377 e. The van der Waals surface area contributed by atoms with Crippen LogP contribution in [0.15, 0.2) is 18.3 Å². The van der Waals surface area contributed by atoms with Crippen molar-refractivity contribution in [2.24, 2.45) is 5.84 Å². The van der Waals surface area contributed by atoms with Crippen LogP contribution < -0.4 is 16.6 Å². The quantitative estimate of drug-likeness (QED) is 0.382. The van der Waals surface area contributed by atoms with Crippen molar-refractivity contribution < 1.29 is 9.53 Å². The molecular weight excluding hydrogens is 220 g/mol. The van der Waals surface area contributed by atoms with Gasteiger partial charge in [-0.2, -0.15) is 0 Å². The molecule has 0 radical (unpaired) electrons. The number of aromatic nitrogens is 1. The minimum absolute atomic E-state index is 0.170. The molecule has 0 aromatic carbocycles. The van der Waals surface area contributed by atoms with Crippen LogP contribution in [0.5, 0.6) is 0 Å². The number of hydrogen-bond donors (Lipinski definition) is 3. The van der Waals surface area contributed by atoms with Gasteiger partial charge in [-0.15, -0.1) is 0 Å². The third kappa shape index (κ3) is 4.80. The summed E-state index contributed by atoms with van der Waals surface area (Å²) in [4.78, 5) is 15.6. The van der Waals surface area contributed by atoms with E-state index in [1.807, 2.05) is 13.8 Å². The lowest BCUT2D eigenvalue weighted by Gasteiger charge is -2.08. The van der Waals surface area contributed by atoms with E-state index in [4.69, 9.17) is 10.6 Å². The van der Waals surface area contributed by atoms with E-state index in [2.05, 4.69) is 15.7 Å². The number of carbonyl (C=O) groups excluding carboxylic acids is 1. The predicted octanol–water partition coefficient (Wildman–Crippen LogP) is 0.522. The van der Waals surface area contributed by atoms with Gasteiger partial charge >= 0.3 is 0 Å². The maximum Gasteiger partial charge on any atom is 0.252 e. The number of nitrogens with zero attached hydrogens (tertiary/aromatic N) is 1. The second-order valence-corrected chi connectivity index (χ2v) is 3.75. The molecule has 0 spiro atoms. The van der Waals surface area contributed by atoms with Crippen molar-refractivity contribution in [1.82, 2.24) is 10.3 Å². The van der Waals surface area contributed by atoms with Gasteiger partial charge in [-0.05, 0) is 26.0 Å². The molecule has 1 heterocycles. The van der Waals surface area contributed by atoms with Gasteiger partial charge in [0.15, 0.2) is 0 Å². The van der Waals surface area contributed by atoms with Gasteiger partial charge in [0.05, 0.1) is 18.3 Å². The molecule has 0 unspecified atom stereocenters. The number of anilines is 1. The first kappa shape index (κ1) is 13.4. The first-order valence-electron chi connectivity index (χ1n) is 5.46. The zero-order valence-electron chi connectivity index (χ0n) is 10.1. The van der Waals surface area contributed by atoms with Crippen LogP contribution in [0.1, 0.15) is 24.2 Å². The standard InChI is InChI=1S/C11H18N4O2/c1-8(2)17-6-5-13-11(16)9-3-4-10(15-12)14-7-9/h3-4,7-8H,5-6,12H2,1-2H3,(H,13,16)(H,14,15). The van der Waals surface area contributed by atoms with Crippen molar-refractivity contribution in [3.05, 3.63) is 23.9 Å². The first-order chi connectivity index (χ1) is 8.13. The molecule has 0 fully saturated rings. The Hall–Kier alpha value is -1.66. The lowest BCUT2D eigenvalue weighted by molar-refractivity contribution is 0.0746. The van der Waals surface area contributed by atoms with Crippen molar-refractivity contribution in [3.63, 3.8) is 0 Å². The highest BCUT2D eigenvalue weighted by atomic mass is 16.5. The molecule has 0 atom stereocenters. The van der Waals surface area contributed by atoms with Crippen LogP contribution in [0.25, 0.3) is 0 Å². The molecule has 6 heteroatoms. The predicted molar refractivity (Wildman–Crippen MR) is 65.5 cm³/mol. The van der Waals surface area contributed by atoms with Gasteiger partial charge in [-0.25, -0.2) is 10.8 Å². The fourth-order valence-electron chi connectivity index (χ4n) is 1.17. The zero-order valence-corrected chi connectivity index (χ0v) is 10.1. The number of nitrogen functional groups attached to an aromatic ring is 1. The second kappa shape index (κ2) is 6.82. The number of nitrogens with one attached hydrogen (secondary N) is 2. The molecule has 1 aromatic rings. The fourth-order valence-corrected chi connectivity index (χ4v) is 1.17. The van der Waals surface area contributed by atoms with E-state index in [1.54, 1.807) is 12.1 Å². The molecule has 4 N–H and O–H groups in total. The third-order valence-corrected chi connectivity index (χ3v) is 2.01. The smallest absolute Gasteiger partial charge is 0.252 e. The van der Waals surface area contributed by atoms with Gasteiger partial charge in [0.1, 0.15) is 5.82 Å². The number of rotatable bonds is 6. The number of nitrogens with two attached hydrogens (primary N) is 1. The molecule has 1 amide bonds. The average molecular weight is 238 g/mol. The SMILES string of the molecule is CC(C)OCCNC(=O)c1ccc(NN)nc1. The Balaban J connectivity index is 2.36. The van der Waals surface area contributed by atoms with Crippen LogP contribution >= 0.6 is 0 Å². The Morgan fingerprint density at radius 1 is 1.53 bits per heavy atom. The molecule has 0 saturated carbocycles. The summed E-state index contributed by atoms with van der Waals surface area (Å²) in [6.45, 7) is 4.88. The summed E-state index contributed by atoms with van der Waals surface area (Å²) >= 11 is 0. The molecule has 0 aliphatic heterocycles. The van der Waals surface area contributed by atoms with Gasteiger partial charge < -0.3 is 15.5 Å². The van der Waals surface area contributed by atoms with Crippen LogP contribution in [-0.4, -0.2) is 30.1 Å². The monoisotopic (exact) mass is 238 g/mol. The average Bonchev–Trinajstić information content (AvgIpc) is 2.34. The molecule has 0 aliphatic rings. The summed E-state index contributed by atoms with van der Waals surface area (Å²) in [7, 11) is 0.